The molecule has 4 nitrogen and oxygen atoms in total. The minimum absolute atomic E-state index is 0.284. The highest BCUT2D eigenvalue weighted by Gasteiger charge is 2.33. The molecular formula is C13H13F3N2O2. The quantitative estimate of drug-likeness (QED) is 0.623. The Bertz CT molecular complexity index is 521. The summed E-state index contributed by atoms with van der Waals surface area (Å²) in [4.78, 5) is 14.3. The van der Waals surface area contributed by atoms with E-state index in [4.69, 9.17) is 11.5 Å². The van der Waals surface area contributed by atoms with Crippen LogP contribution in [0.25, 0.3) is 0 Å². The van der Waals surface area contributed by atoms with Crippen molar-refractivity contribution in [3.05, 3.63) is 23.4 Å². The van der Waals surface area contributed by atoms with Crippen molar-refractivity contribution in [1.82, 2.24) is 4.98 Å². The average Bonchev–Trinajstić information content (AvgIpc) is 2.37. The Morgan fingerprint density at radius 2 is 2.10 bits per heavy atom. The van der Waals surface area contributed by atoms with Gasteiger partial charge in [0.1, 0.15) is 17.1 Å². The lowest BCUT2D eigenvalue weighted by Crippen LogP contribution is -2.14. The summed E-state index contributed by atoms with van der Waals surface area (Å²) >= 11 is 0. The van der Waals surface area contributed by atoms with Crippen LogP contribution >= 0.6 is 0 Å². The van der Waals surface area contributed by atoms with Crippen LogP contribution in [0.4, 0.5) is 19.0 Å². The topological polar surface area (TPSA) is 62.2 Å². The highest BCUT2D eigenvalue weighted by molar-refractivity contribution is 5.93. The number of anilines is 1. The van der Waals surface area contributed by atoms with Crippen LogP contribution < -0.4 is 5.32 Å². The van der Waals surface area contributed by atoms with Gasteiger partial charge in [-0.25, -0.2) is 9.78 Å². The Morgan fingerprint density at radius 1 is 1.40 bits per heavy atom. The third kappa shape index (κ3) is 4.46. The van der Waals surface area contributed by atoms with E-state index in [0.717, 1.165) is 6.07 Å². The molecule has 0 atom stereocenters. The summed E-state index contributed by atoms with van der Waals surface area (Å²) in [6.45, 7) is 0.302. The number of aromatic carboxylic acids is 1. The highest BCUT2D eigenvalue weighted by Crippen LogP contribution is 2.29. The third-order valence-electron chi connectivity index (χ3n) is 2.46. The average molecular weight is 286 g/mol. The second-order valence-electron chi connectivity index (χ2n) is 3.98. The largest absolute Gasteiger partial charge is 0.478 e. The minimum Gasteiger partial charge on any atom is -0.478 e. The van der Waals surface area contributed by atoms with Crippen LogP contribution in [-0.2, 0) is 6.18 Å². The van der Waals surface area contributed by atoms with Crippen molar-refractivity contribution >= 4 is 11.8 Å². The van der Waals surface area contributed by atoms with Gasteiger partial charge in [0.05, 0.1) is 0 Å². The Balaban J connectivity index is 2.85. The molecular weight excluding hydrogens is 273 g/mol. The molecule has 0 aromatic carbocycles. The summed E-state index contributed by atoms with van der Waals surface area (Å²) in [5, 5.41) is 11.5. The molecule has 7 heteroatoms. The fourth-order valence-corrected chi connectivity index (χ4v) is 1.48. The van der Waals surface area contributed by atoms with Crippen LogP contribution in [0.2, 0.25) is 0 Å². The van der Waals surface area contributed by atoms with Crippen molar-refractivity contribution in [3.63, 3.8) is 0 Å². The predicted molar refractivity (Wildman–Crippen MR) is 67.4 cm³/mol. The summed E-state index contributed by atoms with van der Waals surface area (Å²) in [5.74, 6) is 0.819. The highest BCUT2D eigenvalue weighted by atomic mass is 19.4. The number of carbonyl (C=O) groups is 1. The van der Waals surface area contributed by atoms with E-state index in [-0.39, 0.29) is 11.4 Å². The van der Waals surface area contributed by atoms with Crippen molar-refractivity contribution in [2.75, 3.05) is 11.9 Å². The smallest absolute Gasteiger partial charge is 0.433 e. The molecule has 0 aliphatic heterocycles. The van der Waals surface area contributed by atoms with Crippen LogP contribution in [0, 0.1) is 12.3 Å². The molecule has 0 amide bonds. The van der Waals surface area contributed by atoms with Gasteiger partial charge in [0.25, 0.3) is 0 Å². The minimum atomic E-state index is -4.61. The molecule has 0 fully saturated rings. The first kappa shape index (κ1) is 15.8. The van der Waals surface area contributed by atoms with E-state index in [1.54, 1.807) is 0 Å². The number of hydrogen-bond acceptors (Lipinski definition) is 3. The van der Waals surface area contributed by atoms with Crippen molar-refractivity contribution in [2.45, 2.75) is 25.4 Å². The SMILES string of the molecule is C#CCCCCNc1nc(C(F)(F)F)ccc1C(=O)O. The van der Waals surface area contributed by atoms with Crippen LogP contribution in [-0.4, -0.2) is 22.6 Å². The number of halogens is 3. The van der Waals surface area contributed by atoms with E-state index in [1.807, 2.05) is 0 Å². The van der Waals surface area contributed by atoms with Crippen molar-refractivity contribution in [1.29, 1.82) is 0 Å². The van der Waals surface area contributed by atoms with Gasteiger partial charge in [-0.1, -0.05) is 0 Å². The number of carboxylic acid groups (broad SMARTS) is 1. The third-order valence-corrected chi connectivity index (χ3v) is 2.46. The van der Waals surface area contributed by atoms with Gasteiger partial charge >= 0.3 is 12.1 Å². The molecule has 1 aromatic heterocycles. The van der Waals surface area contributed by atoms with Gasteiger partial charge in [0, 0.05) is 13.0 Å². The number of nitrogens with zero attached hydrogens (tertiary/aromatic N) is 1. The molecule has 0 saturated carbocycles. The molecule has 2 N–H and O–H groups in total. The van der Waals surface area contributed by atoms with E-state index >= 15 is 0 Å². The summed E-state index contributed by atoms with van der Waals surface area (Å²) < 4.78 is 37.6. The van der Waals surface area contributed by atoms with Gasteiger partial charge in [-0.3, -0.25) is 0 Å². The maximum atomic E-state index is 12.5. The standard InChI is InChI=1S/C13H13F3N2O2/c1-2-3-4-5-8-17-11-9(12(19)20)6-7-10(18-11)13(14,15)16/h1,6-7H,3-5,8H2,(H,17,18)(H,19,20). The second kappa shape index (κ2) is 6.80. The monoisotopic (exact) mass is 286 g/mol. The number of nitrogens with one attached hydrogen (secondary N) is 1. The zero-order chi connectivity index (χ0) is 15.2. The maximum absolute atomic E-state index is 12.5. The summed E-state index contributed by atoms with van der Waals surface area (Å²) in [5.41, 5.74) is -1.43. The Labute approximate surface area is 114 Å². The van der Waals surface area contributed by atoms with Crippen LogP contribution in [0.1, 0.15) is 35.3 Å². The predicted octanol–water partition coefficient (Wildman–Crippen LogP) is 3.01. The number of terminal acetylenes is 1. The molecule has 0 aliphatic rings. The van der Waals surface area contributed by atoms with E-state index in [1.165, 1.54) is 0 Å². The van der Waals surface area contributed by atoms with Crippen LogP contribution in [0.3, 0.4) is 0 Å². The molecule has 0 unspecified atom stereocenters. The van der Waals surface area contributed by atoms with Gasteiger partial charge in [0.2, 0.25) is 0 Å². The number of hydrogen-bond donors (Lipinski definition) is 2. The number of carboxylic acids is 1. The first-order chi connectivity index (χ1) is 9.36. The molecule has 1 heterocycles. The van der Waals surface area contributed by atoms with E-state index in [2.05, 4.69) is 16.2 Å². The van der Waals surface area contributed by atoms with Crippen molar-refractivity contribution in [2.24, 2.45) is 0 Å². The summed E-state index contributed by atoms with van der Waals surface area (Å²) in [7, 11) is 0. The first-order valence-electron chi connectivity index (χ1n) is 5.85. The summed E-state index contributed by atoms with van der Waals surface area (Å²) in [6, 6.07) is 1.54. The van der Waals surface area contributed by atoms with E-state index in [9.17, 15) is 18.0 Å². The zero-order valence-electron chi connectivity index (χ0n) is 10.5. The molecule has 20 heavy (non-hydrogen) atoms. The molecule has 0 saturated heterocycles. The normalized spacial score (nSPS) is 10.9. The fourth-order valence-electron chi connectivity index (χ4n) is 1.48. The molecule has 0 radical (unpaired) electrons. The van der Waals surface area contributed by atoms with Crippen molar-refractivity contribution in [3.8, 4) is 12.3 Å². The maximum Gasteiger partial charge on any atom is 0.433 e. The number of pyridine rings is 1. The Hall–Kier alpha value is -2.23. The van der Waals surface area contributed by atoms with Crippen molar-refractivity contribution < 1.29 is 23.1 Å². The van der Waals surface area contributed by atoms with Gasteiger partial charge in [0.15, 0.2) is 0 Å². The lowest BCUT2D eigenvalue weighted by atomic mass is 10.2. The number of rotatable bonds is 6. The molecule has 1 aromatic rings. The van der Waals surface area contributed by atoms with Crippen LogP contribution in [0.15, 0.2) is 12.1 Å². The van der Waals surface area contributed by atoms with Gasteiger partial charge in [-0.05, 0) is 25.0 Å². The van der Waals surface area contributed by atoms with E-state index < -0.39 is 17.8 Å². The molecule has 0 aliphatic carbocycles. The fraction of sp³-hybridized carbons (Fsp3) is 0.385. The van der Waals surface area contributed by atoms with Gasteiger partial charge in [-0.15, -0.1) is 12.3 Å². The number of aromatic nitrogens is 1. The Kier molecular flexibility index (Phi) is 5.38. The molecule has 0 spiro atoms. The van der Waals surface area contributed by atoms with E-state index in [0.29, 0.717) is 31.9 Å². The zero-order valence-corrected chi connectivity index (χ0v) is 10.5. The summed E-state index contributed by atoms with van der Waals surface area (Å²) in [6.07, 6.45) is 2.32. The first-order valence-corrected chi connectivity index (χ1v) is 5.85. The second-order valence-corrected chi connectivity index (χ2v) is 3.98. The number of unbranched alkanes of at least 4 members (excludes halogenated alkanes) is 2. The van der Waals surface area contributed by atoms with Crippen LogP contribution in [0.5, 0.6) is 0 Å². The van der Waals surface area contributed by atoms with Gasteiger partial charge in [-0.2, -0.15) is 13.2 Å². The molecule has 0 bridgehead atoms. The number of alkyl halides is 3. The van der Waals surface area contributed by atoms with Gasteiger partial charge < -0.3 is 10.4 Å². The molecule has 108 valence electrons. The Morgan fingerprint density at radius 3 is 2.65 bits per heavy atom. The lowest BCUT2D eigenvalue weighted by Gasteiger charge is -2.12. The lowest BCUT2D eigenvalue weighted by molar-refractivity contribution is -0.141. The molecule has 1 rings (SSSR count).